The van der Waals surface area contributed by atoms with Crippen LogP contribution >= 0.6 is 0 Å². The molecule has 0 saturated carbocycles. The first kappa shape index (κ1) is 20.5. The van der Waals surface area contributed by atoms with E-state index in [9.17, 15) is 9.59 Å². The number of H-pyrrole nitrogens is 1. The molecule has 2 aliphatic rings. The zero-order chi connectivity index (χ0) is 21.4. The van der Waals surface area contributed by atoms with Crippen LogP contribution in [0.4, 0.5) is 5.69 Å². The lowest BCUT2D eigenvalue weighted by Crippen LogP contribution is -2.42. The van der Waals surface area contributed by atoms with Gasteiger partial charge in [-0.25, -0.2) is 0 Å². The molecule has 6 nitrogen and oxygen atoms in total. The molecule has 2 aromatic rings. The van der Waals surface area contributed by atoms with Crippen molar-refractivity contribution in [2.24, 2.45) is 0 Å². The molecule has 30 heavy (non-hydrogen) atoms. The first-order chi connectivity index (χ1) is 14.4. The lowest BCUT2D eigenvalue weighted by Gasteiger charge is -2.29. The van der Waals surface area contributed by atoms with Gasteiger partial charge in [-0.1, -0.05) is 31.4 Å². The molecule has 7 heteroatoms. The van der Waals surface area contributed by atoms with E-state index >= 15 is 0 Å². The SMILES string of the molecule is Bc1cccc2c1/C(=C/c1[nH]c3c(c1C)C(=O)N(CCN(CC)CC)CC3)C(=O)N2. The molecule has 0 fully saturated rings. The molecule has 0 bridgehead atoms. The van der Waals surface area contributed by atoms with Crippen LogP contribution in [0.2, 0.25) is 0 Å². The number of likely N-dealkylation sites (N-methyl/N-ethyl adjacent to an activating group) is 1. The standard InChI is InChI=1S/C23H29BN4O2/c1-4-27(5-2)11-12-28-10-9-18-20(23(28)30)14(3)19(25-18)13-15-21-16(24)7-6-8-17(21)26-22(15)29/h6-8,13,25H,4-5,9-12,24H2,1-3H3,(H,26,29)/b15-13-. The fourth-order valence-corrected chi connectivity index (χ4v) is 4.54. The Hall–Kier alpha value is -2.80. The van der Waals surface area contributed by atoms with Gasteiger partial charge in [-0.15, -0.1) is 0 Å². The van der Waals surface area contributed by atoms with E-state index in [0.29, 0.717) is 5.57 Å². The van der Waals surface area contributed by atoms with Gasteiger partial charge in [-0.05, 0) is 37.7 Å². The average molecular weight is 404 g/mol. The molecule has 3 heterocycles. The fraction of sp³-hybridized carbons (Fsp3) is 0.391. The number of benzene rings is 1. The zero-order valence-electron chi connectivity index (χ0n) is 18.3. The number of aromatic nitrogens is 1. The zero-order valence-corrected chi connectivity index (χ0v) is 18.3. The van der Waals surface area contributed by atoms with E-state index in [1.165, 1.54) is 0 Å². The Morgan fingerprint density at radius 2 is 1.97 bits per heavy atom. The monoisotopic (exact) mass is 404 g/mol. The van der Waals surface area contributed by atoms with Crippen molar-refractivity contribution in [3.05, 3.63) is 46.3 Å². The predicted molar refractivity (Wildman–Crippen MR) is 124 cm³/mol. The quantitative estimate of drug-likeness (QED) is 0.565. The highest BCUT2D eigenvalue weighted by atomic mass is 16.2. The van der Waals surface area contributed by atoms with Crippen molar-refractivity contribution in [3.63, 3.8) is 0 Å². The van der Waals surface area contributed by atoms with Crippen LogP contribution in [-0.4, -0.2) is 67.2 Å². The summed E-state index contributed by atoms with van der Waals surface area (Å²) in [7, 11) is 2.01. The summed E-state index contributed by atoms with van der Waals surface area (Å²) in [5.41, 5.74) is 7.02. The Labute approximate surface area is 178 Å². The molecule has 0 saturated heterocycles. The first-order valence-corrected chi connectivity index (χ1v) is 10.8. The number of aromatic amines is 1. The largest absolute Gasteiger partial charge is 0.358 e. The maximum atomic E-state index is 13.2. The number of fused-ring (bicyclic) bond motifs is 2. The van der Waals surface area contributed by atoms with Gasteiger partial charge in [0, 0.05) is 48.7 Å². The summed E-state index contributed by atoms with van der Waals surface area (Å²) in [6, 6.07) is 5.88. The molecule has 0 radical (unpaired) electrons. The van der Waals surface area contributed by atoms with Crippen molar-refractivity contribution >= 4 is 42.5 Å². The van der Waals surface area contributed by atoms with Crippen molar-refractivity contribution in [1.29, 1.82) is 0 Å². The topological polar surface area (TPSA) is 68.4 Å². The molecule has 0 atom stereocenters. The third-order valence-corrected chi connectivity index (χ3v) is 6.40. The van der Waals surface area contributed by atoms with E-state index < -0.39 is 0 Å². The second kappa shape index (κ2) is 8.15. The molecule has 1 aromatic carbocycles. The van der Waals surface area contributed by atoms with E-state index in [1.807, 2.05) is 43.9 Å². The second-order valence-electron chi connectivity index (χ2n) is 8.10. The van der Waals surface area contributed by atoms with Gasteiger partial charge < -0.3 is 20.1 Å². The number of nitrogens with zero attached hydrogens (tertiary/aromatic N) is 2. The molecular formula is C23H29BN4O2. The minimum atomic E-state index is -0.0987. The minimum Gasteiger partial charge on any atom is -0.358 e. The van der Waals surface area contributed by atoms with Crippen molar-refractivity contribution in [1.82, 2.24) is 14.8 Å². The molecule has 1 aromatic heterocycles. The summed E-state index contributed by atoms with van der Waals surface area (Å²) in [5, 5.41) is 2.94. The van der Waals surface area contributed by atoms with E-state index in [1.54, 1.807) is 0 Å². The highest BCUT2D eigenvalue weighted by Gasteiger charge is 2.30. The Bertz CT molecular complexity index is 1040. The van der Waals surface area contributed by atoms with Crippen LogP contribution in [0.5, 0.6) is 0 Å². The van der Waals surface area contributed by atoms with Gasteiger partial charge in [0.05, 0.1) is 11.1 Å². The molecule has 2 amide bonds. The van der Waals surface area contributed by atoms with Crippen molar-refractivity contribution in [3.8, 4) is 0 Å². The van der Waals surface area contributed by atoms with E-state index in [4.69, 9.17) is 0 Å². The van der Waals surface area contributed by atoms with E-state index in [2.05, 4.69) is 29.0 Å². The van der Waals surface area contributed by atoms with Crippen LogP contribution in [0.1, 0.15) is 46.7 Å². The smallest absolute Gasteiger partial charge is 0.256 e. The van der Waals surface area contributed by atoms with E-state index in [-0.39, 0.29) is 11.8 Å². The van der Waals surface area contributed by atoms with Crippen molar-refractivity contribution in [2.75, 3.05) is 38.0 Å². The lowest BCUT2D eigenvalue weighted by molar-refractivity contribution is -0.110. The van der Waals surface area contributed by atoms with E-state index in [0.717, 1.165) is 78.4 Å². The van der Waals surface area contributed by atoms with Gasteiger partial charge in [-0.3, -0.25) is 9.59 Å². The van der Waals surface area contributed by atoms with Crippen molar-refractivity contribution < 1.29 is 9.59 Å². The first-order valence-electron chi connectivity index (χ1n) is 10.8. The number of hydrogen-bond donors (Lipinski definition) is 2. The molecular weight excluding hydrogens is 375 g/mol. The van der Waals surface area contributed by atoms with Crippen molar-refractivity contribution in [2.45, 2.75) is 27.2 Å². The average Bonchev–Trinajstić information content (AvgIpc) is 3.22. The van der Waals surface area contributed by atoms with Gasteiger partial charge in [0.2, 0.25) is 0 Å². The van der Waals surface area contributed by atoms with Crippen LogP contribution in [0.15, 0.2) is 18.2 Å². The van der Waals surface area contributed by atoms with Crippen LogP contribution in [0.3, 0.4) is 0 Å². The highest BCUT2D eigenvalue weighted by molar-refractivity contribution is 6.44. The van der Waals surface area contributed by atoms with Crippen LogP contribution in [-0.2, 0) is 11.2 Å². The summed E-state index contributed by atoms with van der Waals surface area (Å²) < 4.78 is 0. The van der Waals surface area contributed by atoms with Gasteiger partial charge in [-0.2, -0.15) is 0 Å². The number of nitrogens with one attached hydrogen (secondary N) is 2. The normalized spacial score (nSPS) is 16.9. The number of amides is 2. The third-order valence-electron chi connectivity index (χ3n) is 6.40. The molecule has 0 aliphatic carbocycles. The number of rotatable bonds is 6. The Morgan fingerprint density at radius 3 is 2.70 bits per heavy atom. The Morgan fingerprint density at radius 1 is 1.20 bits per heavy atom. The Balaban J connectivity index is 1.63. The van der Waals surface area contributed by atoms with Gasteiger partial charge in [0.15, 0.2) is 0 Å². The summed E-state index contributed by atoms with van der Waals surface area (Å²) >= 11 is 0. The number of carbonyl (C=O) groups excluding carboxylic acids is 2. The summed E-state index contributed by atoms with van der Waals surface area (Å²) in [6.07, 6.45) is 2.71. The minimum absolute atomic E-state index is 0.0919. The van der Waals surface area contributed by atoms with Gasteiger partial charge in [0.1, 0.15) is 7.85 Å². The maximum absolute atomic E-state index is 13.2. The van der Waals surface area contributed by atoms with Crippen LogP contribution in [0, 0.1) is 6.92 Å². The molecule has 2 N–H and O–H groups in total. The summed E-state index contributed by atoms with van der Waals surface area (Å²) in [4.78, 5) is 33.5. The number of carbonyl (C=O) groups is 2. The lowest BCUT2D eigenvalue weighted by atomic mass is 9.87. The second-order valence-corrected chi connectivity index (χ2v) is 8.10. The van der Waals surface area contributed by atoms with Gasteiger partial charge in [0.25, 0.3) is 11.8 Å². The highest BCUT2D eigenvalue weighted by Crippen LogP contribution is 2.33. The van der Waals surface area contributed by atoms with Crippen LogP contribution in [0.25, 0.3) is 11.6 Å². The number of anilines is 1. The maximum Gasteiger partial charge on any atom is 0.256 e. The number of hydrogen-bond acceptors (Lipinski definition) is 3. The Kier molecular flexibility index (Phi) is 5.56. The molecule has 0 unspecified atom stereocenters. The molecule has 0 spiro atoms. The summed E-state index contributed by atoms with van der Waals surface area (Å²) in [5.74, 6) is -0.00675. The van der Waals surface area contributed by atoms with Crippen LogP contribution < -0.4 is 10.8 Å². The van der Waals surface area contributed by atoms with Gasteiger partial charge >= 0.3 is 0 Å². The molecule has 156 valence electrons. The predicted octanol–water partition coefficient (Wildman–Crippen LogP) is 1.41. The third kappa shape index (κ3) is 3.47. The molecule has 2 aliphatic heterocycles. The molecule has 4 rings (SSSR count). The fourth-order valence-electron chi connectivity index (χ4n) is 4.54. The summed E-state index contributed by atoms with van der Waals surface area (Å²) in [6.45, 7) is 10.6.